The topological polar surface area (TPSA) is 25.8 Å². The number of nitrogens with zero attached hydrogens (tertiary/aromatic N) is 2. The Morgan fingerprint density at radius 3 is 2.71 bits per heavy atom. The average molecular weight is 205 g/mol. The first-order valence-electron chi connectivity index (χ1n) is 4.30. The van der Waals surface area contributed by atoms with Gasteiger partial charge in [0.25, 0.3) is 0 Å². The van der Waals surface area contributed by atoms with Gasteiger partial charge in [-0.2, -0.15) is 0 Å². The van der Waals surface area contributed by atoms with Crippen LogP contribution in [-0.4, -0.2) is 9.97 Å². The van der Waals surface area contributed by atoms with Crippen LogP contribution >= 0.6 is 11.6 Å². The van der Waals surface area contributed by atoms with E-state index in [1.807, 2.05) is 31.3 Å². The molecule has 0 aliphatic carbocycles. The summed E-state index contributed by atoms with van der Waals surface area (Å²) in [6, 6.07) is 5.77. The summed E-state index contributed by atoms with van der Waals surface area (Å²) in [7, 11) is 0. The summed E-state index contributed by atoms with van der Waals surface area (Å²) in [5.41, 5.74) is 3.13. The summed E-state index contributed by atoms with van der Waals surface area (Å²) in [6.45, 7) is 2.01. The largest absolute Gasteiger partial charge is 0.264 e. The molecule has 2 heterocycles. The Labute approximate surface area is 87.6 Å². The molecule has 14 heavy (non-hydrogen) atoms. The van der Waals surface area contributed by atoms with Crippen molar-refractivity contribution < 1.29 is 0 Å². The molecule has 0 aliphatic rings. The Hall–Kier alpha value is -1.41. The average Bonchev–Trinajstić information content (AvgIpc) is 2.20. The van der Waals surface area contributed by atoms with E-state index >= 15 is 0 Å². The maximum atomic E-state index is 6.00. The molecule has 3 heteroatoms. The van der Waals surface area contributed by atoms with Crippen LogP contribution in [0.1, 0.15) is 5.56 Å². The van der Waals surface area contributed by atoms with E-state index in [4.69, 9.17) is 11.6 Å². The SMILES string of the molecule is Cc1cnccc1-c1cccnc1Cl. The fourth-order valence-corrected chi connectivity index (χ4v) is 1.58. The van der Waals surface area contributed by atoms with Crippen molar-refractivity contribution in [2.45, 2.75) is 6.92 Å². The van der Waals surface area contributed by atoms with Gasteiger partial charge in [0.2, 0.25) is 0 Å². The Balaban J connectivity index is 2.61. The molecule has 0 fully saturated rings. The van der Waals surface area contributed by atoms with Gasteiger partial charge in [0, 0.05) is 24.2 Å². The molecule has 0 aromatic carbocycles. The van der Waals surface area contributed by atoms with E-state index in [0.717, 1.165) is 16.7 Å². The third kappa shape index (κ3) is 1.61. The zero-order valence-corrected chi connectivity index (χ0v) is 8.49. The Kier molecular flexibility index (Phi) is 2.46. The van der Waals surface area contributed by atoms with E-state index in [-0.39, 0.29) is 0 Å². The molecule has 0 saturated heterocycles. The van der Waals surface area contributed by atoms with Gasteiger partial charge in [0.05, 0.1) is 0 Å². The molecule has 0 amide bonds. The molecular formula is C11H9ClN2. The van der Waals surface area contributed by atoms with E-state index in [9.17, 15) is 0 Å². The van der Waals surface area contributed by atoms with Gasteiger partial charge in [0.15, 0.2) is 0 Å². The number of pyridine rings is 2. The van der Waals surface area contributed by atoms with Crippen molar-refractivity contribution in [2.75, 3.05) is 0 Å². The zero-order valence-electron chi connectivity index (χ0n) is 7.74. The second kappa shape index (κ2) is 3.76. The predicted octanol–water partition coefficient (Wildman–Crippen LogP) is 3.11. The number of halogens is 1. The van der Waals surface area contributed by atoms with Crippen molar-refractivity contribution in [3.8, 4) is 11.1 Å². The van der Waals surface area contributed by atoms with Gasteiger partial charge < -0.3 is 0 Å². The summed E-state index contributed by atoms with van der Waals surface area (Å²) in [4.78, 5) is 8.08. The molecule has 2 aromatic rings. The molecule has 0 spiro atoms. The summed E-state index contributed by atoms with van der Waals surface area (Å²) in [5.74, 6) is 0. The number of aromatic nitrogens is 2. The maximum Gasteiger partial charge on any atom is 0.136 e. The number of hydrogen-bond donors (Lipinski definition) is 0. The van der Waals surface area contributed by atoms with E-state index < -0.39 is 0 Å². The van der Waals surface area contributed by atoms with Crippen molar-refractivity contribution in [2.24, 2.45) is 0 Å². The number of hydrogen-bond acceptors (Lipinski definition) is 2. The summed E-state index contributed by atoms with van der Waals surface area (Å²) < 4.78 is 0. The van der Waals surface area contributed by atoms with Gasteiger partial charge >= 0.3 is 0 Å². The van der Waals surface area contributed by atoms with Crippen LogP contribution in [0.15, 0.2) is 36.8 Å². The molecule has 2 nitrogen and oxygen atoms in total. The first kappa shape index (κ1) is 9.16. The zero-order chi connectivity index (χ0) is 9.97. The Morgan fingerprint density at radius 2 is 2.00 bits per heavy atom. The monoisotopic (exact) mass is 204 g/mol. The lowest BCUT2D eigenvalue weighted by Crippen LogP contribution is -1.86. The molecule has 0 saturated carbocycles. The highest BCUT2D eigenvalue weighted by Crippen LogP contribution is 2.27. The molecule has 0 atom stereocenters. The lowest BCUT2D eigenvalue weighted by Gasteiger charge is -2.05. The highest BCUT2D eigenvalue weighted by atomic mass is 35.5. The van der Waals surface area contributed by atoms with Crippen LogP contribution in [0.25, 0.3) is 11.1 Å². The van der Waals surface area contributed by atoms with Crippen molar-refractivity contribution in [1.82, 2.24) is 9.97 Å². The van der Waals surface area contributed by atoms with Crippen LogP contribution in [0, 0.1) is 6.92 Å². The van der Waals surface area contributed by atoms with Crippen LogP contribution in [-0.2, 0) is 0 Å². The molecule has 2 aromatic heterocycles. The Bertz CT molecular complexity index is 411. The van der Waals surface area contributed by atoms with Crippen LogP contribution in [0.3, 0.4) is 0 Å². The van der Waals surface area contributed by atoms with E-state index in [1.54, 1.807) is 12.4 Å². The first-order valence-corrected chi connectivity index (χ1v) is 4.68. The van der Waals surface area contributed by atoms with Crippen molar-refractivity contribution in [1.29, 1.82) is 0 Å². The van der Waals surface area contributed by atoms with Gasteiger partial charge in [-0.15, -0.1) is 0 Å². The maximum absolute atomic E-state index is 6.00. The van der Waals surface area contributed by atoms with Gasteiger partial charge in [-0.25, -0.2) is 4.98 Å². The minimum atomic E-state index is 0.529. The van der Waals surface area contributed by atoms with Crippen molar-refractivity contribution in [3.05, 3.63) is 47.5 Å². The van der Waals surface area contributed by atoms with Crippen LogP contribution < -0.4 is 0 Å². The smallest absolute Gasteiger partial charge is 0.136 e. The van der Waals surface area contributed by atoms with Crippen molar-refractivity contribution >= 4 is 11.6 Å². The van der Waals surface area contributed by atoms with Gasteiger partial charge in [-0.05, 0) is 36.2 Å². The second-order valence-corrected chi connectivity index (χ2v) is 3.39. The summed E-state index contributed by atoms with van der Waals surface area (Å²) in [5, 5.41) is 0.529. The Morgan fingerprint density at radius 1 is 1.14 bits per heavy atom. The standard InChI is InChI=1S/C11H9ClN2/c1-8-7-13-6-4-9(8)10-3-2-5-14-11(10)12/h2-7H,1H3. The van der Waals surface area contributed by atoms with E-state index in [2.05, 4.69) is 9.97 Å². The van der Waals surface area contributed by atoms with Crippen LogP contribution in [0.4, 0.5) is 0 Å². The van der Waals surface area contributed by atoms with Gasteiger partial charge in [-0.3, -0.25) is 4.98 Å². The first-order chi connectivity index (χ1) is 6.79. The molecule has 0 unspecified atom stereocenters. The normalized spacial score (nSPS) is 10.1. The van der Waals surface area contributed by atoms with E-state index in [0.29, 0.717) is 5.15 Å². The number of rotatable bonds is 1. The molecule has 0 N–H and O–H groups in total. The molecule has 2 rings (SSSR count). The van der Waals surface area contributed by atoms with E-state index in [1.165, 1.54) is 0 Å². The van der Waals surface area contributed by atoms with Crippen LogP contribution in [0.2, 0.25) is 5.15 Å². The lowest BCUT2D eigenvalue weighted by molar-refractivity contribution is 1.26. The molecule has 70 valence electrons. The number of aryl methyl sites for hydroxylation is 1. The minimum Gasteiger partial charge on any atom is -0.264 e. The molecule has 0 radical (unpaired) electrons. The van der Waals surface area contributed by atoms with Crippen LogP contribution in [0.5, 0.6) is 0 Å². The predicted molar refractivity (Wildman–Crippen MR) is 57.2 cm³/mol. The third-order valence-electron chi connectivity index (χ3n) is 2.07. The molecule has 0 bridgehead atoms. The van der Waals surface area contributed by atoms with Crippen molar-refractivity contribution in [3.63, 3.8) is 0 Å². The molecule has 0 aliphatic heterocycles. The molecular weight excluding hydrogens is 196 g/mol. The lowest BCUT2D eigenvalue weighted by atomic mass is 10.1. The fraction of sp³-hybridized carbons (Fsp3) is 0.0909. The second-order valence-electron chi connectivity index (χ2n) is 3.03. The third-order valence-corrected chi connectivity index (χ3v) is 2.37. The summed E-state index contributed by atoms with van der Waals surface area (Å²) >= 11 is 6.00. The summed E-state index contributed by atoms with van der Waals surface area (Å²) in [6.07, 6.45) is 5.26. The quantitative estimate of drug-likeness (QED) is 0.667. The fourth-order valence-electron chi connectivity index (χ4n) is 1.36. The highest BCUT2D eigenvalue weighted by Gasteiger charge is 2.05. The van der Waals surface area contributed by atoms with Gasteiger partial charge in [0.1, 0.15) is 5.15 Å². The highest BCUT2D eigenvalue weighted by molar-refractivity contribution is 6.32. The minimum absolute atomic E-state index is 0.529. The van der Waals surface area contributed by atoms with Gasteiger partial charge in [-0.1, -0.05) is 11.6 Å².